The Labute approximate surface area is 78.9 Å². The fourth-order valence-electron chi connectivity index (χ4n) is 1.33. The van der Waals surface area contributed by atoms with Gasteiger partial charge in [0.15, 0.2) is 0 Å². The van der Waals surface area contributed by atoms with Crippen LogP contribution in [0.4, 0.5) is 0 Å². The molecule has 1 aromatic rings. The molecule has 0 bridgehead atoms. The molecule has 3 heteroatoms. The second kappa shape index (κ2) is 5.04. The summed E-state index contributed by atoms with van der Waals surface area (Å²) in [6.45, 7) is 2.61. The summed E-state index contributed by atoms with van der Waals surface area (Å²) in [6.07, 6.45) is 5.32. The van der Waals surface area contributed by atoms with Gasteiger partial charge in [-0.2, -0.15) is 0 Å². The van der Waals surface area contributed by atoms with Gasteiger partial charge in [-0.25, -0.2) is 0 Å². The van der Waals surface area contributed by atoms with Crippen LogP contribution < -0.4 is 0 Å². The number of aliphatic hydroxyl groups excluding tert-OH is 1. The molecule has 0 aliphatic rings. The average Bonchev–Trinajstić information content (AvgIpc) is 2.54. The van der Waals surface area contributed by atoms with E-state index in [0.717, 1.165) is 18.4 Å². The number of nitrogens with zero attached hydrogens (tertiary/aromatic N) is 1. The highest BCUT2D eigenvalue weighted by Crippen LogP contribution is 2.17. The van der Waals surface area contributed by atoms with Gasteiger partial charge in [0, 0.05) is 19.5 Å². The van der Waals surface area contributed by atoms with Gasteiger partial charge in [-0.1, -0.05) is 13.3 Å². The number of aliphatic hydroxyl groups is 1. The largest absolute Gasteiger partial charge is 0.388 e. The normalized spacial score (nSPS) is 13.2. The Morgan fingerprint density at radius 2 is 2.38 bits per heavy atom. The van der Waals surface area contributed by atoms with Crippen LogP contribution in [0.1, 0.15) is 31.4 Å². The molecule has 0 aliphatic heterocycles. The molecule has 1 unspecified atom stereocenters. The highest BCUT2D eigenvalue weighted by atomic mass is 16.5. The molecule has 0 saturated heterocycles. The second-order valence-electron chi connectivity index (χ2n) is 3.18. The van der Waals surface area contributed by atoms with Crippen LogP contribution in [0, 0.1) is 0 Å². The van der Waals surface area contributed by atoms with Crippen LogP contribution >= 0.6 is 0 Å². The maximum atomic E-state index is 9.65. The van der Waals surface area contributed by atoms with Crippen molar-refractivity contribution >= 4 is 0 Å². The third kappa shape index (κ3) is 2.86. The van der Waals surface area contributed by atoms with Crippen molar-refractivity contribution in [2.75, 3.05) is 7.11 Å². The first-order valence-electron chi connectivity index (χ1n) is 4.60. The summed E-state index contributed by atoms with van der Waals surface area (Å²) >= 11 is 0. The first-order valence-corrected chi connectivity index (χ1v) is 4.60. The van der Waals surface area contributed by atoms with Gasteiger partial charge in [-0.3, -0.25) is 0 Å². The van der Waals surface area contributed by atoms with E-state index in [-0.39, 0.29) is 6.10 Å². The Kier molecular flexibility index (Phi) is 3.99. The molecular weight excluding hydrogens is 166 g/mol. The maximum Gasteiger partial charge on any atom is 0.121 e. The molecule has 1 heterocycles. The van der Waals surface area contributed by atoms with E-state index in [9.17, 15) is 5.11 Å². The van der Waals surface area contributed by atoms with E-state index in [1.165, 1.54) is 0 Å². The molecule has 0 amide bonds. The van der Waals surface area contributed by atoms with E-state index >= 15 is 0 Å². The molecule has 74 valence electrons. The van der Waals surface area contributed by atoms with E-state index in [4.69, 9.17) is 4.74 Å². The van der Waals surface area contributed by atoms with Gasteiger partial charge in [0.25, 0.3) is 0 Å². The molecule has 1 rings (SSSR count). The SMILES string of the molecule is CCCC(O)c1ccn(COC)c1. The summed E-state index contributed by atoms with van der Waals surface area (Å²) < 4.78 is 6.87. The van der Waals surface area contributed by atoms with Crippen LogP contribution in [0.5, 0.6) is 0 Å². The summed E-state index contributed by atoms with van der Waals surface area (Å²) in [5.41, 5.74) is 0.971. The number of hydrogen-bond donors (Lipinski definition) is 1. The summed E-state index contributed by atoms with van der Waals surface area (Å²) in [5.74, 6) is 0. The van der Waals surface area contributed by atoms with Crippen LogP contribution in [0.15, 0.2) is 18.5 Å². The van der Waals surface area contributed by atoms with Gasteiger partial charge >= 0.3 is 0 Å². The molecule has 1 N–H and O–H groups in total. The van der Waals surface area contributed by atoms with Crippen molar-refractivity contribution in [1.29, 1.82) is 0 Å². The zero-order valence-electron chi connectivity index (χ0n) is 8.23. The van der Waals surface area contributed by atoms with Crippen LogP contribution in [0.2, 0.25) is 0 Å². The quantitative estimate of drug-likeness (QED) is 0.756. The molecule has 0 radical (unpaired) electrons. The van der Waals surface area contributed by atoms with Gasteiger partial charge in [-0.15, -0.1) is 0 Å². The lowest BCUT2D eigenvalue weighted by Crippen LogP contribution is -1.97. The van der Waals surface area contributed by atoms with Crippen molar-refractivity contribution in [2.45, 2.75) is 32.6 Å². The predicted octanol–water partition coefficient (Wildman–Crippen LogP) is 1.93. The van der Waals surface area contributed by atoms with E-state index in [2.05, 4.69) is 6.92 Å². The minimum Gasteiger partial charge on any atom is -0.388 e. The van der Waals surface area contributed by atoms with Crippen molar-refractivity contribution in [1.82, 2.24) is 4.57 Å². The third-order valence-corrected chi connectivity index (χ3v) is 2.00. The number of rotatable bonds is 5. The zero-order chi connectivity index (χ0) is 9.68. The number of ether oxygens (including phenoxy) is 1. The van der Waals surface area contributed by atoms with Crippen LogP contribution in [-0.4, -0.2) is 16.8 Å². The molecule has 0 saturated carbocycles. The Morgan fingerprint density at radius 1 is 1.62 bits per heavy atom. The Hall–Kier alpha value is -0.800. The predicted molar refractivity (Wildman–Crippen MR) is 51.3 cm³/mol. The minimum absolute atomic E-state index is 0.330. The summed E-state index contributed by atoms with van der Waals surface area (Å²) in [7, 11) is 1.65. The monoisotopic (exact) mass is 183 g/mol. The summed E-state index contributed by atoms with van der Waals surface area (Å²) in [6, 6.07) is 1.93. The molecule has 3 nitrogen and oxygen atoms in total. The van der Waals surface area contributed by atoms with Gasteiger partial charge in [0.2, 0.25) is 0 Å². The van der Waals surface area contributed by atoms with Gasteiger partial charge in [0.1, 0.15) is 6.73 Å². The average molecular weight is 183 g/mol. The fourth-order valence-corrected chi connectivity index (χ4v) is 1.33. The van der Waals surface area contributed by atoms with E-state index in [0.29, 0.717) is 6.73 Å². The van der Waals surface area contributed by atoms with E-state index in [1.807, 2.05) is 23.0 Å². The lowest BCUT2D eigenvalue weighted by molar-refractivity contribution is 0.130. The van der Waals surface area contributed by atoms with Gasteiger partial charge in [-0.05, 0) is 18.1 Å². The molecule has 1 atom stereocenters. The standard InChI is InChI=1S/C10H17NO2/c1-3-4-10(12)9-5-6-11(7-9)8-13-2/h5-7,10,12H,3-4,8H2,1-2H3. The Balaban J connectivity index is 2.56. The smallest absolute Gasteiger partial charge is 0.121 e. The van der Waals surface area contributed by atoms with Gasteiger partial charge < -0.3 is 14.4 Å². The Bertz CT molecular complexity index is 245. The molecule has 13 heavy (non-hydrogen) atoms. The maximum absolute atomic E-state index is 9.65. The second-order valence-corrected chi connectivity index (χ2v) is 3.18. The van der Waals surface area contributed by atoms with Crippen LogP contribution in [0.3, 0.4) is 0 Å². The first kappa shape index (κ1) is 10.3. The lowest BCUT2D eigenvalue weighted by atomic mass is 10.1. The van der Waals surface area contributed by atoms with E-state index < -0.39 is 0 Å². The highest BCUT2D eigenvalue weighted by Gasteiger charge is 2.06. The Morgan fingerprint density at radius 3 is 3.00 bits per heavy atom. The lowest BCUT2D eigenvalue weighted by Gasteiger charge is -2.06. The van der Waals surface area contributed by atoms with Crippen LogP contribution in [0.25, 0.3) is 0 Å². The highest BCUT2D eigenvalue weighted by molar-refractivity contribution is 5.13. The van der Waals surface area contributed by atoms with Gasteiger partial charge in [0.05, 0.1) is 6.10 Å². The topological polar surface area (TPSA) is 34.4 Å². The minimum atomic E-state index is -0.330. The summed E-state index contributed by atoms with van der Waals surface area (Å²) in [4.78, 5) is 0. The molecule has 0 spiro atoms. The summed E-state index contributed by atoms with van der Waals surface area (Å²) in [5, 5.41) is 9.65. The number of methoxy groups -OCH3 is 1. The van der Waals surface area contributed by atoms with Crippen molar-refractivity contribution in [2.24, 2.45) is 0 Å². The zero-order valence-corrected chi connectivity index (χ0v) is 8.23. The fraction of sp³-hybridized carbons (Fsp3) is 0.600. The van der Waals surface area contributed by atoms with Crippen molar-refractivity contribution in [3.05, 3.63) is 24.0 Å². The molecule has 0 fully saturated rings. The number of hydrogen-bond acceptors (Lipinski definition) is 2. The molecule has 1 aromatic heterocycles. The van der Waals surface area contributed by atoms with Crippen molar-refractivity contribution < 1.29 is 9.84 Å². The van der Waals surface area contributed by atoms with Crippen LogP contribution in [-0.2, 0) is 11.5 Å². The van der Waals surface area contributed by atoms with E-state index in [1.54, 1.807) is 7.11 Å². The van der Waals surface area contributed by atoms with Crippen molar-refractivity contribution in [3.8, 4) is 0 Å². The number of aromatic nitrogens is 1. The molecule has 0 aliphatic carbocycles. The third-order valence-electron chi connectivity index (χ3n) is 2.00. The van der Waals surface area contributed by atoms with Crippen molar-refractivity contribution in [3.63, 3.8) is 0 Å². The molecular formula is C10H17NO2. The first-order chi connectivity index (χ1) is 6.27. The molecule has 0 aromatic carbocycles.